The largest absolute Gasteiger partial charge is 0.468 e. The molecule has 0 aliphatic rings. The Morgan fingerprint density at radius 3 is 2.59 bits per heavy atom. The molecule has 0 heterocycles. The van der Waals surface area contributed by atoms with E-state index in [-0.39, 0.29) is 5.97 Å². The van der Waals surface area contributed by atoms with Crippen LogP contribution in [0.25, 0.3) is 0 Å². The van der Waals surface area contributed by atoms with E-state index in [0.29, 0.717) is 6.54 Å². The number of ether oxygens (including phenoxy) is 1. The Morgan fingerprint density at radius 2 is 2.00 bits per heavy atom. The highest BCUT2D eigenvalue weighted by molar-refractivity contribution is 7.99. The van der Waals surface area contributed by atoms with Crippen LogP contribution in [-0.2, 0) is 9.53 Å². The van der Waals surface area contributed by atoms with Gasteiger partial charge in [-0.1, -0.05) is 17.7 Å². The van der Waals surface area contributed by atoms with Gasteiger partial charge < -0.3 is 4.74 Å². The van der Waals surface area contributed by atoms with E-state index in [0.717, 1.165) is 12.3 Å². The van der Waals surface area contributed by atoms with E-state index >= 15 is 0 Å². The molecule has 4 heteroatoms. The summed E-state index contributed by atoms with van der Waals surface area (Å²) in [5, 5.41) is 0. The van der Waals surface area contributed by atoms with Crippen LogP contribution < -0.4 is 0 Å². The van der Waals surface area contributed by atoms with E-state index in [9.17, 15) is 4.79 Å². The number of nitrogens with zero attached hydrogens (tertiary/aromatic N) is 1. The van der Waals surface area contributed by atoms with Crippen LogP contribution in [0.5, 0.6) is 0 Å². The molecule has 0 unspecified atom stereocenters. The molecule has 1 rings (SSSR count). The molecule has 0 aliphatic heterocycles. The molecule has 3 nitrogen and oxygen atoms in total. The summed E-state index contributed by atoms with van der Waals surface area (Å²) >= 11 is 1.80. The van der Waals surface area contributed by atoms with Gasteiger partial charge in [0.05, 0.1) is 13.7 Å². The van der Waals surface area contributed by atoms with Crippen molar-refractivity contribution in [2.24, 2.45) is 0 Å². The number of likely N-dealkylation sites (N-methyl/N-ethyl adjacent to an activating group) is 1. The summed E-state index contributed by atoms with van der Waals surface area (Å²) in [5.41, 5.74) is 1.28. The first kappa shape index (κ1) is 14.1. The predicted octanol–water partition coefficient (Wildman–Crippen LogP) is 2.19. The van der Waals surface area contributed by atoms with E-state index in [1.54, 1.807) is 11.8 Å². The van der Waals surface area contributed by atoms with Crippen LogP contribution in [0.3, 0.4) is 0 Å². The van der Waals surface area contributed by atoms with Crippen molar-refractivity contribution in [3.8, 4) is 0 Å². The van der Waals surface area contributed by atoms with Gasteiger partial charge in [0, 0.05) is 17.2 Å². The Hall–Kier alpha value is -1.00. The summed E-state index contributed by atoms with van der Waals surface area (Å²) in [6.45, 7) is 3.30. The van der Waals surface area contributed by atoms with Crippen molar-refractivity contribution in [1.29, 1.82) is 0 Å². The van der Waals surface area contributed by atoms with Crippen molar-refractivity contribution in [2.75, 3.05) is 33.0 Å². The number of thioether (sulfide) groups is 1. The van der Waals surface area contributed by atoms with Crippen LogP contribution in [0.15, 0.2) is 29.2 Å². The summed E-state index contributed by atoms with van der Waals surface area (Å²) in [4.78, 5) is 14.3. The van der Waals surface area contributed by atoms with Gasteiger partial charge in [0.25, 0.3) is 0 Å². The van der Waals surface area contributed by atoms with Crippen molar-refractivity contribution < 1.29 is 9.53 Å². The van der Waals surface area contributed by atoms with Crippen molar-refractivity contribution in [3.63, 3.8) is 0 Å². The summed E-state index contributed by atoms with van der Waals surface area (Å²) < 4.78 is 4.61. The monoisotopic (exact) mass is 253 g/mol. The number of aryl methyl sites for hydroxylation is 1. The maximum atomic E-state index is 11.0. The SMILES string of the molecule is COC(=O)CN(C)CCSc1ccc(C)cc1. The second kappa shape index (κ2) is 7.35. The van der Waals surface area contributed by atoms with Gasteiger partial charge in [0.15, 0.2) is 0 Å². The lowest BCUT2D eigenvalue weighted by molar-refractivity contribution is -0.141. The van der Waals surface area contributed by atoms with Gasteiger partial charge in [0.2, 0.25) is 0 Å². The van der Waals surface area contributed by atoms with Crippen molar-refractivity contribution in [2.45, 2.75) is 11.8 Å². The topological polar surface area (TPSA) is 29.5 Å². The molecule has 0 fully saturated rings. The zero-order chi connectivity index (χ0) is 12.7. The number of benzene rings is 1. The molecule has 0 radical (unpaired) electrons. The maximum Gasteiger partial charge on any atom is 0.319 e. The fourth-order valence-corrected chi connectivity index (χ4v) is 2.29. The molecule has 0 amide bonds. The molecule has 1 aromatic rings. The first-order valence-electron chi connectivity index (χ1n) is 5.56. The van der Waals surface area contributed by atoms with Gasteiger partial charge >= 0.3 is 5.97 Å². The van der Waals surface area contributed by atoms with Crippen LogP contribution in [0.4, 0.5) is 0 Å². The number of carbonyl (C=O) groups is 1. The number of hydrogen-bond acceptors (Lipinski definition) is 4. The van der Waals surface area contributed by atoms with E-state index in [4.69, 9.17) is 0 Å². The number of rotatable bonds is 6. The molecule has 0 saturated carbocycles. The van der Waals surface area contributed by atoms with Gasteiger partial charge in [-0.3, -0.25) is 9.69 Å². The van der Waals surface area contributed by atoms with E-state index < -0.39 is 0 Å². The quantitative estimate of drug-likeness (QED) is 0.574. The van der Waals surface area contributed by atoms with Crippen LogP contribution in [0.1, 0.15) is 5.56 Å². The van der Waals surface area contributed by atoms with Crippen molar-refractivity contribution >= 4 is 17.7 Å². The molecule has 17 heavy (non-hydrogen) atoms. The average molecular weight is 253 g/mol. The number of esters is 1. The Morgan fingerprint density at radius 1 is 1.35 bits per heavy atom. The first-order valence-corrected chi connectivity index (χ1v) is 6.55. The molecular weight excluding hydrogens is 234 g/mol. The minimum Gasteiger partial charge on any atom is -0.468 e. The molecule has 94 valence electrons. The molecular formula is C13H19NO2S. The zero-order valence-electron chi connectivity index (χ0n) is 10.6. The lowest BCUT2D eigenvalue weighted by Crippen LogP contribution is -2.28. The first-order chi connectivity index (χ1) is 8.11. The fourth-order valence-electron chi connectivity index (χ4n) is 1.32. The summed E-state index contributed by atoms with van der Waals surface area (Å²) in [6.07, 6.45) is 0. The Kier molecular flexibility index (Phi) is 6.08. The van der Waals surface area contributed by atoms with Gasteiger partial charge in [-0.15, -0.1) is 11.8 Å². The number of carbonyl (C=O) groups excluding carboxylic acids is 1. The van der Waals surface area contributed by atoms with Crippen LogP contribution >= 0.6 is 11.8 Å². The third-order valence-electron chi connectivity index (χ3n) is 2.39. The van der Waals surface area contributed by atoms with Crippen LogP contribution in [0.2, 0.25) is 0 Å². The number of hydrogen-bond donors (Lipinski definition) is 0. The van der Waals surface area contributed by atoms with E-state index in [2.05, 4.69) is 35.9 Å². The number of methoxy groups -OCH3 is 1. The standard InChI is InChI=1S/C13H19NO2S/c1-11-4-6-12(7-5-11)17-9-8-14(2)10-13(15)16-3/h4-7H,8-10H2,1-3H3. The van der Waals surface area contributed by atoms with Gasteiger partial charge in [-0.25, -0.2) is 0 Å². The smallest absolute Gasteiger partial charge is 0.319 e. The molecule has 0 N–H and O–H groups in total. The van der Waals surface area contributed by atoms with Crippen LogP contribution in [0, 0.1) is 6.92 Å². The van der Waals surface area contributed by atoms with E-state index in [1.807, 2.05) is 11.9 Å². The highest BCUT2D eigenvalue weighted by Crippen LogP contribution is 2.17. The molecule has 1 aromatic carbocycles. The summed E-state index contributed by atoms with van der Waals surface area (Å²) in [6, 6.07) is 8.47. The van der Waals surface area contributed by atoms with Gasteiger partial charge in [0.1, 0.15) is 0 Å². The lowest BCUT2D eigenvalue weighted by Gasteiger charge is -2.14. The molecule has 0 spiro atoms. The second-order valence-electron chi connectivity index (χ2n) is 3.98. The van der Waals surface area contributed by atoms with E-state index in [1.165, 1.54) is 17.6 Å². The lowest BCUT2D eigenvalue weighted by atomic mass is 10.2. The minimum atomic E-state index is -0.187. The summed E-state index contributed by atoms with van der Waals surface area (Å²) in [7, 11) is 3.34. The van der Waals surface area contributed by atoms with Crippen molar-refractivity contribution in [3.05, 3.63) is 29.8 Å². The molecule has 0 aliphatic carbocycles. The highest BCUT2D eigenvalue weighted by atomic mass is 32.2. The minimum absolute atomic E-state index is 0.187. The molecule has 0 bridgehead atoms. The normalized spacial score (nSPS) is 10.6. The fraction of sp³-hybridized carbons (Fsp3) is 0.462. The van der Waals surface area contributed by atoms with Crippen LogP contribution in [-0.4, -0.2) is 43.9 Å². The van der Waals surface area contributed by atoms with Crippen molar-refractivity contribution in [1.82, 2.24) is 4.90 Å². The third-order valence-corrected chi connectivity index (χ3v) is 3.38. The third kappa shape index (κ3) is 5.75. The average Bonchev–Trinajstić information content (AvgIpc) is 2.31. The summed E-state index contributed by atoms with van der Waals surface area (Å²) in [5.74, 6) is 0.782. The second-order valence-corrected chi connectivity index (χ2v) is 5.14. The van der Waals surface area contributed by atoms with Gasteiger partial charge in [-0.2, -0.15) is 0 Å². The van der Waals surface area contributed by atoms with Gasteiger partial charge in [-0.05, 0) is 26.1 Å². The molecule has 0 atom stereocenters. The predicted molar refractivity (Wildman–Crippen MR) is 71.4 cm³/mol. The zero-order valence-corrected chi connectivity index (χ0v) is 11.4. The Bertz CT molecular complexity index is 351. The molecule has 0 aromatic heterocycles. The Labute approximate surface area is 107 Å². The maximum absolute atomic E-state index is 11.0. The Balaban J connectivity index is 2.23. The molecule has 0 saturated heterocycles. The highest BCUT2D eigenvalue weighted by Gasteiger charge is 2.05.